The second-order valence-electron chi connectivity index (χ2n) is 7.65. The van der Waals surface area contributed by atoms with Crippen molar-refractivity contribution < 1.29 is 14.3 Å². The van der Waals surface area contributed by atoms with Crippen molar-refractivity contribution in [1.29, 1.82) is 0 Å². The fourth-order valence-electron chi connectivity index (χ4n) is 3.23. The largest absolute Gasteiger partial charge is 0.466 e. The number of aliphatic imine (C=N–C) groups is 1. The highest BCUT2D eigenvalue weighted by Crippen LogP contribution is 2.26. The summed E-state index contributed by atoms with van der Waals surface area (Å²) in [6, 6.07) is 9.53. The van der Waals surface area contributed by atoms with Crippen molar-refractivity contribution in [2.24, 2.45) is 4.99 Å². The summed E-state index contributed by atoms with van der Waals surface area (Å²) in [4.78, 5) is 16.4. The normalized spacial score (nSPS) is 13.6. The summed E-state index contributed by atoms with van der Waals surface area (Å²) in [5.74, 6) is 2.11. The predicted octanol–water partition coefficient (Wildman–Crippen LogP) is 3.60. The van der Waals surface area contributed by atoms with Crippen molar-refractivity contribution in [3.05, 3.63) is 53.0 Å². The van der Waals surface area contributed by atoms with E-state index in [0.29, 0.717) is 31.2 Å². The average molecular weight is 415 g/mol. The number of amides is 1. The van der Waals surface area contributed by atoms with Gasteiger partial charge in [-0.05, 0) is 57.9 Å². The molecule has 0 spiro atoms. The van der Waals surface area contributed by atoms with Crippen LogP contribution < -0.4 is 16.0 Å². The first-order valence-electron chi connectivity index (χ1n) is 10.5. The van der Waals surface area contributed by atoms with Crippen molar-refractivity contribution >= 4 is 17.6 Å². The van der Waals surface area contributed by atoms with E-state index in [4.69, 9.17) is 4.42 Å². The van der Waals surface area contributed by atoms with E-state index < -0.39 is 5.60 Å². The molecule has 1 unspecified atom stereocenters. The molecule has 7 heteroatoms. The number of hydrogen-bond acceptors (Lipinski definition) is 4. The summed E-state index contributed by atoms with van der Waals surface area (Å²) in [5.41, 5.74) is 1.42. The van der Waals surface area contributed by atoms with Gasteiger partial charge >= 0.3 is 0 Å². The maximum atomic E-state index is 11.8. The van der Waals surface area contributed by atoms with Gasteiger partial charge in [0.15, 0.2) is 5.96 Å². The lowest BCUT2D eigenvalue weighted by Crippen LogP contribution is -2.44. The Labute approximate surface area is 179 Å². The van der Waals surface area contributed by atoms with Gasteiger partial charge in [-0.15, -0.1) is 0 Å². The molecule has 0 aliphatic heterocycles. The molecule has 0 saturated heterocycles. The Morgan fingerprint density at radius 2 is 1.97 bits per heavy atom. The third-order valence-corrected chi connectivity index (χ3v) is 4.67. The number of aliphatic hydroxyl groups is 1. The number of anilines is 1. The molecule has 1 aromatic carbocycles. The highest BCUT2D eigenvalue weighted by molar-refractivity contribution is 5.90. The molecule has 0 fully saturated rings. The lowest BCUT2D eigenvalue weighted by molar-refractivity contribution is -0.116. The summed E-state index contributed by atoms with van der Waals surface area (Å²) < 4.78 is 5.55. The maximum Gasteiger partial charge on any atom is 0.224 e. The standard InChI is InChI=1S/C23H34N4O3/c1-6-9-21(28)27-19-11-8-10-18(13-19)14-25-22(24-7-2)26-15-23(5,29)20-12-16(3)30-17(20)4/h8,10-13,29H,6-7,9,14-15H2,1-5H3,(H,27,28)(H2,24,25,26). The van der Waals surface area contributed by atoms with Crippen molar-refractivity contribution in [3.8, 4) is 0 Å². The summed E-state index contributed by atoms with van der Waals surface area (Å²) in [5, 5.41) is 20.2. The van der Waals surface area contributed by atoms with Crippen LogP contribution in [-0.4, -0.2) is 30.1 Å². The van der Waals surface area contributed by atoms with Crippen molar-refractivity contribution in [2.45, 2.75) is 59.6 Å². The molecule has 2 rings (SSSR count). The van der Waals surface area contributed by atoms with E-state index in [1.54, 1.807) is 6.92 Å². The molecule has 0 aliphatic carbocycles. The average Bonchev–Trinajstić information content (AvgIpc) is 3.03. The molecule has 30 heavy (non-hydrogen) atoms. The van der Waals surface area contributed by atoms with Gasteiger partial charge in [-0.1, -0.05) is 19.1 Å². The van der Waals surface area contributed by atoms with Gasteiger partial charge < -0.3 is 25.5 Å². The van der Waals surface area contributed by atoms with Gasteiger partial charge in [0.1, 0.15) is 17.1 Å². The topological polar surface area (TPSA) is 98.9 Å². The zero-order valence-corrected chi connectivity index (χ0v) is 18.6. The number of nitrogens with one attached hydrogen (secondary N) is 3. The molecule has 1 heterocycles. The van der Waals surface area contributed by atoms with Crippen LogP contribution in [0.25, 0.3) is 0 Å². The van der Waals surface area contributed by atoms with Gasteiger partial charge in [-0.3, -0.25) is 4.79 Å². The molecule has 2 aromatic rings. The number of benzene rings is 1. The van der Waals surface area contributed by atoms with Gasteiger partial charge in [0.05, 0.1) is 13.1 Å². The third-order valence-electron chi connectivity index (χ3n) is 4.67. The zero-order valence-electron chi connectivity index (χ0n) is 18.6. The summed E-state index contributed by atoms with van der Waals surface area (Å²) in [7, 11) is 0. The fraction of sp³-hybridized carbons (Fsp3) is 0.478. The van der Waals surface area contributed by atoms with Crippen LogP contribution in [0.5, 0.6) is 0 Å². The van der Waals surface area contributed by atoms with Crippen molar-refractivity contribution in [3.63, 3.8) is 0 Å². The predicted molar refractivity (Wildman–Crippen MR) is 121 cm³/mol. The summed E-state index contributed by atoms with van der Waals surface area (Å²) >= 11 is 0. The SMILES string of the molecule is CCCC(=O)Nc1cccc(CN=C(NCC)NCC(C)(O)c2cc(C)oc2C)c1. The van der Waals surface area contributed by atoms with Gasteiger partial charge in [-0.25, -0.2) is 4.99 Å². The number of rotatable bonds is 9. The lowest BCUT2D eigenvalue weighted by Gasteiger charge is -2.24. The van der Waals surface area contributed by atoms with E-state index in [1.165, 1.54) is 0 Å². The summed E-state index contributed by atoms with van der Waals surface area (Å²) in [6.45, 7) is 10.9. The van der Waals surface area contributed by atoms with Crippen LogP contribution in [-0.2, 0) is 16.9 Å². The fourth-order valence-corrected chi connectivity index (χ4v) is 3.23. The Bertz CT molecular complexity index is 871. The maximum absolute atomic E-state index is 11.8. The summed E-state index contributed by atoms with van der Waals surface area (Å²) in [6.07, 6.45) is 1.32. The van der Waals surface area contributed by atoms with E-state index in [9.17, 15) is 9.90 Å². The molecule has 0 aliphatic rings. The Morgan fingerprint density at radius 3 is 2.60 bits per heavy atom. The molecule has 4 N–H and O–H groups in total. The first-order chi connectivity index (χ1) is 14.2. The number of carbonyl (C=O) groups is 1. The lowest BCUT2D eigenvalue weighted by atomic mass is 9.96. The van der Waals surface area contributed by atoms with E-state index in [-0.39, 0.29) is 12.5 Å². The second kappa shape index (κ2) is 10.8. The quantitative estimate of drug-likeness (QED) is 0.371. The molecule has 7 nitrogen and oxygen atoms in total. The number of hydrogen-bond donors (Lipinski definition) is 4. The van der Waals surface area contributed by atoms with Crippen LogP contribution in [0.2, 0.25) is 0 Å². The number of aryl methyl sites for hydroxylation is 2. The van der Waals surface area contributed by atoms with Crippen LogP contribution in [0.1, 0.15) is 56.3 Å². The molecule has 1 amide bonds. The number of guanidine groups is 1. The van der Waals surface area contributed by atoms with E-state index in [0.717, 1.165) is 29.0 Å². The minimum Gasteiger partial charge on any atom is -0.466 e. The van der Waals surface area contributed by atoms with Crippen molar-refractivity contribution in [1.82, 2.24) is 10.6 Å². The van der Waals surface area contributed by atoms with Gasteiger partial charge in [0.25, 0.3) is 0 Å². The first-order valence-corrected chi connectivity index (χ1v) is 10.5. The Hall–Kier alpha value is -2.80. The Kier molecular flexibility index (Phi) is 8.47. The zero-order chi connectivity index (χ0) is 22.1. The minimum absolute atomic E-state index is 0.0140. The number of nitrogens with zero attached hydrogens (tertiary/aromatic N) is 1. The molecule has 1 atom stereocenters. The smallest absolute Gasteiger partial charge is 0.224 e. The minimum atomic E-state index is -1.10. The van der Waals surface area contributed by atoms with E-state index in [2.05, 4.69) is 20.9 Å². The number of carbonyl (C=O) groups excluding carboxylic acids is 1. The molecule has 0 bridgehead atoms. The van der Waals surface area contributed by atoms with Gasteiger partial charge in [-0.2, -0.15) is 0 Å². The number of furan rings is 1. The monoisotopic (exact) mass is 414 g/mol. The highest BCUT2D eigenvalue weighted by atomic mass is 16.3. The van der Waals surface area contributed by atoms with Crippen LogP contribution in [0, 0.1) is 13.8 Å². The molecule has 1 aromatic heterocycles. The van der Waals surface area contributed by atoms with Crippen LogP contribution in [0.15, 0.2) is 39.7 Å². The molecular weight excluding hydrogens is 380 g/mol. The second-order valence-corrected chi connectivity index (χ2v) is 7.65. The van der Waals surface area contributed by atoms with Gasteiger partial charge in [0.2, 0.25) is 5.91 Å². The van der Waals surface area contributed by atoms with Crippen molar-refractivity contribution in [2.75, 3.05) is 18.4 Å². The third kappa shape index (κ3) is 6.91. The first kappa shape index (κ1) is 23.5. The van der Waals surface area contributed by atoms with Gasteiger partial charge in [0, 0.05) is 24.2 Å². The highest BCUT2D eigenvalue weighted by Gasteiger charge is 2.27. The van der Waals surface area contributed by atoms with Crippen LogP contribution in [0.3, 0.4) is 0 Å². The molecule has 0 saturated carbocycles. The van der Waals surface area contributed by atoms with Crippen LogP contribution in [0.4, 0.5) is 5.69 Å². The van der Waals surface area contributed by atoms with E-state index >= 15 is 0 Å². The van der Waals surface area contributed by atoms with E-state index in [1.807, 2.05) is 58.0 Å². The molecule has 0 radical (unpaired) electrons. The Morgan fingerprint density at radius 1 is 1.20 bits per heavy atom. The van der Waals surface area contributed by atoms with Crippen LogP contribution >= 0.6 is 0 Å². The Balaban J connectivity index is 2.04. The molecule has 164 valence electrons. The molecular formula is C23H34N4O3.